The molecular formula is C21H19F2N7O3. The molecule has 2 aliphatic heterocycles. The van der Waals surface area contributed by atoms with Gasteiger partial charge in [0.15, 0.2) is 17.3 Å². The number of hydrogen-bond acceptors (Lipinski definition) is 8. The number of hydrogen-bond donors (Lipinski definition) is 2. The fourth-order valence-corrected chi connectivity index (χ4v) is 4.17. The maximum atomic E-state index is 13.3. The number of halogens is 2. The first-order valence-electron chi connectivity index (χ1n) is 10.4. The molecule has 1 fully saturated rings. The highest BCUT2D eigenvalue weighted by molar-refractivity contribution is 5.73. The molecule has 0 radical (unpaired) electrons. The van der Waals surface area contributed by atoms with Crippen LogP contribution in [0.3, 0.4) is 0 Å². The van der Waals surface area contributed by atoms with E-state index in [1.807, 2.05) is 23.2 Å². The number of anilines is 3. The highest BCUT2D eigenvalue weighted by atomic mass is 19.3. The van der Waals surface area contributed by atoms with Crippen molar-refractivity contribution in [1.82, 2.24) is 24.1 Å². The molecule has 0 amide bonds. The minimum absolute atomic E-state index is 0.0107. The summed E-state index contributed by atoms with van der Waals surface area (Å²) in [5.41, 5.74) is 1.34. The van der Waals surface area contributed by atoms with Gasteiger partial charge in [-0.1, -0.05) is 0 Å². The fourth-order valence-electron chi connectivity index (χ4n) is 4.17. The Bertz CT molecular complexity index is 1340. The molecule has 33 heavy (non-hydrogen) atoms. The molecule has 1 aromatic carbocycles. The summed E-state index contributed by atoms with van der Waals surface area (Å²) in [4.78, 5) is 11.1. The van der Waals surface area contributed by atoms with Gasteiger partial charge in [0, 0.05) is 18.8 Å². The van der Waals surface area contributed by atoms with E-state index in [1.54, 1.807) is 27.7 Å². The highest BCUT2D eigenvalue weighted by Crippen LogP contribution is 2.41. The van der Waals surface area contributed by atoms with E-state index < -0.39 is 6.29 Å². The van der Waals surface area contributed by atoms with E-state index >= 15 is 0 Å². The minimum Gasteiger partial charge on any atom is -0.395 e. The molecule has 2 aliphatic rings. The molecule has 12 heteroatoms. The smallest absolute Gasteiger partial charge is 0.395 e. The van der Waals surface area contributed by atoms with Crippen LogP contribution in [-0.4, -0.2) is 54.7 Å². The largest absolute Gasteiger partial charge is 0.586 e. The molecule has 4 aromatic rings. The monoisotopic (exact) mass is 455 g/mol. The standard InChI is InChI=1S/C21H19F2N7O3/c22-21(23)32-16-6-5-13(9-17(16)33-21)28-10-18(24-12-28)25-19-15-4-2-8-30(15)27-20(26-19)29-7-1-3-14(29)11-31/h2,4-6,8-10,12,14,31H,1,3,7,11H2,(H,25,26,27)/t14-/m0/s1. The molecule has 1 atom stereocenters. The lowest BCUT2D eigenvalue weighted by molar-refractivity contribution is -0.286. The van der Waals surface area contributed by atoms with Crippen molar-refractivity contribution in [3.8, 4) is 17.2 Å². The first kappa shape index (κ1) is 19.7. The molecule has 0 aliphatic carbocycles. The normalized spacial score (nSPS) is 18.9. The summed E-state index contributed by atoms with van der Waals surface area (Å²) in [6, 6.07) is 8.25. The molecule has 0 bridgehead atoms. The third kappa shape index (κ3) is 3.48. The van der Waals surface area contributed by atoms with Crippen molar-refractivity contribution in [2.75, 3.05) is 23.4 Å². The summed E-state index contributed by atoms with van der Waals surface area (Å²) in [6.07, 6.45) is 3.28. The minimum atomic E-state index is -3.67. The van der Waals surface area contributed by atoms with Crippen LogP contribution in [0.15, 0.2) is 49.1 Å². The summed E-state index contributed by atoms with van der Waals surface area (Å²) in [6.45, 7) is 0.816. The Labute approximate surface area is 186 Å². The molecule has 5 heterocycles. The van der Waals surface area contributed by atoms with Crippen molar-refractivity contribution in [2.24, 2.45) is 0 Å². The van der Waals surface area contributed by atoms with Gasteiger partial charge in [0.05, 0.1) is 24.5 Å². The Balaban J connectivity index is 1.30. The summed E-state index contributed by atoms with van der Waals surface area (Å²) in [5, 5.41) is 17.5. The first-order chi connectivity index (χ1) is 16.0. The molecular weight excluding hydrogens is 436 g/mol. The number of nitrogens with one attached hydrogen (secondary N) is 1. The Morgan fingerprint density at radius 1 is 1.21 bits per heavy atom. The highest BCUT2D eigenvalue weighted by Gasteiger charge is 2.43. The molecule has 170 valence electrons. The third-order valence-corrected chi connectivity index (χ3v) is 5.74. The third-order valence-electron chi connectivity index (χ3n) is 5.74. The molecule has 2 N–H and O–H groups in total. The van der Waals surface area contributed by atoms with Gasteiger partial charge in [0.2, 0.25) is 5.95 Å². The molecule has 0 saturated carbocycles. The second-order valence-electron chi connectivity index (χ2n) is 7.86. The zero-order valence-corrected chi connectivity index (χ0v) is 17.2. The molecule has 0 unspecified atom stereocenters. The van der Waals surface area contributed by atoms with Crippen LogP contribution >= 0.6 is 0 Å². The van der Waals surface area contributed by atoms with Gasteiger partial charge in [-0.15, -0.1) is 13.9 Å². The number of ether oxygens (including phenoxy) is 2. The van der Waals surface area contributed by atoms with Crippen LogP contribution in [0.5, 0.6) is 11.5 Å². The van der Waals surface area contributed by atoms with Crippen LogP contribution in [0.4, 0.5) is 26.4 Å². The molecule has 0 spiro atoms. The molecule has 3 aromatic heterocycles. The second kappa shape index (κ2) is 7.30. The van der Waals surface area contributed by atoms with Crippen LogP contribution in [-0.2, 0) is 0 Å². The Hall–Kier alpha value is -3.93. The number of aromatic nitrogens is 5. The Kier molecular flexibility index (Phi) is 4.37. The van der Waals surface area contributed by atoms with E-state index in [2.05, 4.69) is 24.9 Å². The second-order valence-corrected chi connectivity index (χ2v) is 7.86. The average molecular weight is 455 g/mol. The Morgan fingerprint density at radius 2 is 2.09 bits per heavy atom. The van der Waals surface area contributed by atoms with Gasteiger partial charge in [0.1, 0.15) is 17.7 Å². The lowest BCUT2D eigenvalue weighted by atomic mass is 10.2. The predicted molar refractivity (Wildman–Crippen MR) is 113 cm³/mol. The van der Waals surface area contributed by atoms with E-state index in [0.717, 1.165) is 24.9 Å². The van der Waals surface area contributed by atoms with Gasteiger partial charge in [0.25, 0.3) is 0 Å². The average Bonchev–Trinajstić information content (AvgIpc) is 3.57. The maximum Gasteiger partial charge on any atom is 0.586 e. The summed E-state index contributed by atoms with van der Waals surface area (Å²) in [7, 11) is 0. The maximum absolute atomic E-state index is 13.3. The van der Waals surface area contributed by atoms with Crippen molar-refractivity contribution in [3.05, 3.63) is 49.1 Å². The lowest BCUT2D eigenvalue weighted by Crippen LogP contribution is -2.34. The van der Waals surface area contributed by atoms with Gasteiger partial charge in [-0.2, -0.15) is 4.98 Å². The predicted octanol–water partition coefficient (Wildman–Crippen LogP) is 2.94. The number of rotatable bonds is 5. The van der Waals surface area contributed by atoms with Crippen LogP contribution < -0.4 is 19.7 Å². The van der Waals surface area contributed by atoms with E-state index in [4.69, 9.17) is 4.98 Å². The Morgan fingerprint density at radius 3 is 2.97 bits per heavy atom. The summed E-state index contributed by atoms with van der Waals surface area (Å²) < 4.78 is 39.0. The lowest BCUT2D eigenvalue weighted by Gasteiger charge is -2.23. The number of alkyl halides is 2. The number of aliphatic hydroxyl groups excluding tert-OH is 1. The van der Waals surface area contributed by atoms with Crippen molar-refractivity contribution < 1.29 is 23.4 Å². The van der Waals surface area contributed by atoms with Gasteiger partial charge in [-0.3, -0.25) is 0 Å². The zero-order chi connectivity index (χ0) is 22.6. The van der Waals surface area contributed by atoms with Crippen molar-refractivity contribution in [2.45, 2.75) is 25.2 Å². The van der Waals surface area contributed by atoms with Gasteiger partial charge in [-0.25, -0.2) is 9.50 Å². The summed E-state index contributed by atoms with van der Waals surface area (Å²) in [5.74, 6) is 1.53. The SMILES string of the molecule is OC[C@@H]1CCCN1c1nc(Nc2cn(-c3ccc4c(c3)OC(F)(F)O4)cn2)c2cccn2n1. The number of nitrogens with zero attached hydrogens (tertiary/aromatic N) is 6. The van der Waals surface area contributed by atoms with Gasteiger partial charge < -0.3 is 29.4 Å². The van der Waals surface area contributed by atoms with Gasteiger partial charge >= 0.3 is 6.29 Å². The molecule has 1 saturated heterocycles. The van der Waals surface area contributed by atoms with Crippen molar-refractivity contribution in [3.63, 3.8) is 0 Å². The van der Waals surface area contributed by atoms with Crippen LogP contribution in [0.2, 0.25) is 0 Å². The zero-order valence-electron chi connectivity index (χ0n) is 17.2. The number of imidazole rings is 1. The van der Waals surface area contributed by atoms with E-state index in [-0.39, 0.29) is 24.1 Å². The van der Waals surface area contributed by atoms with E-state index in [9.17, 15) is 13.9 Å². The number of benzene rings is 1. The quantitative estimate of drug-likeness (QED) is 0.474. The van der Waals surface area contributed by atoms with Crippen LogP contribution in [0, 0.1) is 0 Å². The fraction of sp³-hybridized carbons (Fsp3) is 0.286. The van der Waals surface area contributed by atoms with Crippen LogP contribution in [0.25, 0.3) is 11.2 Å². The van der Waals surface area contributed by atoms with Gasteiger partial charge in [-0.05, 0) is 37.1 Å². The van der Waals surface area contributed by atoms with E-state index in [0.29, 0.717) is 23.3 Å². The van der Waals surface area contributed by atoms with Crippen molar-refractivity contribution in [1.29, 1.82) is 0 Å². The topological polar surface area (TPSA) is 102 Å². The van der Waals surface area contributed by atoms with Crippen LogP contribution in [0.1, 0.15) is 12.8 Å². The number of aliphatic hydroxyl groups is 1. The van der Waals surface area contributed by atoms with E-state index in [1.165, 1.54) is 12.1 Å². The molecule has 10 nitrogen and oxygen atoms in total. The molecule has 6 rings (SSSR count). The van der Waals surface area contributed by atoms with Crippen molar-refractivity contribution >= 4 is 23.1 Å². The first-order valence-corrected chi connectivity index (χ1v) is 10.4. The number of fused-ring (bicyclic) bond motifs is 2. The summed E-state index contributed by atoms with van der Waals surface area (Å²) >= 11 is 0.